The number of nitrogens with zero attached hydrogens (tertiary/aromatic N) is 2. The van der Waals surface area contributed by atoms with Gasteiger partial charge in [0.15, 0.2) is 5.13 Å². The van der Waals surface area contributed by atoms with Gasteiger partial charge in [0, 0.05) is 30.8 Å². The molecule has 7 heteroatoms. The summed E-state index contributed by atoms with van der Waals surface area (Å²) in [5.41, 5.74) is 6.03. The van der Waals surface area contributed by atoms with Crippen LogP contribution in [0.4, 0.5) is 5.13 Å². The quantitative estimate of drug-likeness (QED) is 0.884. The molecule has 0 bridgehead atoms. The van der Waals surface area contributed by atoms with E-state index in [1.165, 1.54) is 11.3 Å². The van der Waals surface area contributed by atoms with Gasteiger partial charge in [-0.15, -0.1) is 11.3 Å². The topological polar surface area (TPSA) is 68.5 Å². The molecule has 1 aromatic heterocycles. The number of rotatable bonds is 5. The first-order valence-corrected chi connectivity index (χ1v) is 7.84. The van der Waals surface area contributed by atoms with Crippen molar-refractivity contribution in [2.24, 2.45) is 0 Å². The number of carbonyl (C=O) groups excluding carboxylic acids is 1. The maximum absolute atomic E-state index is 12.4. The molecular formula is C11H17N3O2S2. The van der Waals surface area contributed by atoms with Crippen LogP contribution < -0.4 is 5.73 Å². The van der Waals surface area contributed by atoms with Crippen LogP contribution in [0, 0.1) is 0 Å². The zero-order valence-electron chi connectivity index (χ0n) is 10.3. The van der Waals surface area contributed by atoms with Crippen molar-refractivity contribution < 1.29 is 9.53 Å². The summed E-state index contributed by atoms with van der Waals surface area (Å²) < 4.78 is 5.08. The van der Waals surface area contributed by atoms with E-state index in [1.54, 1.807) is 12.5 Å². The molecule has 5 nitrogen and oxygen atoms in total. The number of methoxy groups -OCH3 is 1. The lowest BCUT2D eigenvalue weighted by molar-refractivity contribution is 0.0620. The number of amides is 1. The molecule has 1 aliphatic rings. The zero-order chi connectivity index (χ0) is 13.0. The maximum Gasteiger partial charge on any atom is 0.273 e. The van der Waals surface area contributed by atoms with Gasteiger partial charge in [-0.25, -0.2) is 4.98 Å². The van der Waals surface area contributed by atoms with Crippen molar-refractivity contribution in [3.05, 3.63) is 11.1 Å². The van der Waals surface area contributed by atoms with Crippen LogP contribution in [0.15, 0.2) is 5.38 Å². The molecule has 1 aliphatic heterocycles. The van der Waals surface area contributed by atoms with Gasteiger partial charge >= 0.3 is 0 Å². The highest BCUT2D eigenvalue weighted by Gasteiger charge is 2.28. The van der Waals surface area contributed by atoms with Gasteiger partial charge in [-0.3, -0.25) is 4.79 Å². The van der Waals surface area contributed by atoms with Crippen LogP contribution in [-0.2, 0) is 4.74 Å². The van der Waals surface area contributed by atoms with Crippen molar-refractivity contribution in [3.63, 3.8) is 0 Å². The van der Waals surface area contributed by atoms with E-state index in [2.05, 4.69) is 4.98 Å². The molecule has 1 aromatic rings. The minimum absolute atomic E-state index is 0.0347. The summed E-state index contributed by atoms with van der Waals surface area (Å²) in [4.78, 5) is 18.3. The highest BCUT2D eigenvalue weighted by Crippen LogP contribution is 2.24. The Labute approximate surface area is 115 Å². The van der Waals surface area contributed by atoms with Gasteiger partial charge in [0.2, 0.25) is 0 Å². The van der Waals surface area contributed by atoms with Gasteiger partial charge in [0.1, 0.15) is 5.69 Å². The highest BCUT2D eigenvalue weighted by molar-refractivity contribution is 7.99. The van der Waals surface area contributed by atoms with Crippen molar-refractivity contribution in [1.82, 2.24) is 9.88 Å². The molecule has 1 atom stereocenters. The number of nitrogens with two attached hydrogens (primary N) is 1. The van der Waals surface area contributed by atoms with E-state index < -0.39 is 0 Å². The first-order chi connectivity index (χ1) is 8.72. The summed E-state index contributed by atoms with van der Waals surface area (Å²) in [6.07, 6.45) is 1.04. The number of anilines is 1. The second-order valence-corrected chi connectivity index (χ2v) is 6.12. The van der Waals surface area contributed by atoms with Gasteiger partial charge in [0.05, 0.1) is 6.61 Å². The smallest absolute Gasteiger partial charge is 0.273 e. The minimum atomic E-state index is -0.0347. The van der Waals surface area contributed by atoms with E-state index >= 15 is 0 Å². The van der Waals surface area contributed by atoms with Gasteiger partial charge in [-0.2, -0.15) is 11.8 Å². The van der Waals surface area contributed by atoms with Gasteiger partial charge in [0.25, 0.3) is 5.91 Å². The van der Waals surface area contributed by atoms with Gasteiger partial charge in [-0.1, -0.05) is 0 Å². The third kappa shape index (κ3) is 3.15. The van der Waals surface area contributed by atoms with Gasteiger partial charge in [-0.05, 0) is 12.2 Å². The van der Waals surface area contributed by atoms with Gasteiger partial charge < -0.3 is 15.4 Å². The molecule has 1 saturated heterocycles. The summed E-state index contributed by atoms with van der Waals surface area (Å²) >= 11 is 3.18. The van der Waals surface area contributed by atoms with Crippen LogP contribution in [0.5, 0.6) is 0 Å². The number of nitrogen functional groups attached to an aromatic ring is 1. The van der Waals surface area contributed by atoms with Crippen LogP contribution in [0.2, 0.25) is 0 Å². The SMILES string of the molecule is COCCN(C(=O)c1csc(N)n1)C1CCSC1. The molecule has 0 saturated carbocycles. The average molecular weight is 287 g/mol. The number of aromatic nitrogens is 1. The summed E-state index contributed by atoms with van der Waals surface area (Å²) in [7, 11) is 1.65. The molecule has 100 valence electrons. The zero-order valence-corrected chi connectivity index (χ0v) is 11.9. The Bertz CT molecular complexity index is 405. The molecule has 1 amide bonds. The Kier molecular flexibility index (Phi) is 4.85. The first kappa shape index (κ1) is 13.6. The molecule has 0 aliphatic carbocycles. The Morgan fingerprint density at radius 1 is 1.72 bits per heavy atom. The molecule has 2 rings (SSSR count). The van der Waals surface area contributed by atoms with E-state index in [9.17, 15) is 4.79 Å². The summed E-state index contributed by atoms with van der Waals surface area (Å²) in [5.74, 6) is 2.07. The van der Waals surface area contributed by atoms with E-state index in [-0.39, 0.29) is 5.91 Å². The molecule has 0 aromatic carbocycles. The number of ether oxygens (including phenoxy) is 1. The normalized spacial score (nSPS) is 19.1. The monoisotopic (exact) mass is 287 g/mol. The summed E-state index contributed by atoms with van der Waals surface area (Å²) in [6, 6.07) is 0.292. The van der Waals surface area contributed by atoms with Crippen LogP contribution in [0.25, 0.3) is 0 Å². The predicted octanol–water partition coefficient (Wildman–Crippen LogP) is 1.32. The predicted molar refractivity (Wildman–Crippen MR) is 75.2 cm³/mol. The Balaban J connectivity index is 2.09. The Hall–Kier alpha value is -0.790. The lowest BCUT2D eigenvalue weighted by atomic mass is 10.2. The molecule has 2 N–H and O–H groups in total. The molecule has 2 heterocycles. The van der Waals surface area contributed by atoms with E-state index in [1.807, 2.05) is 16.7 Å². The van der Waals surface area contributed by atoms with Crippen LogP contribution in [0.3, 0.4) is 0 Å². The second kappa shape index (κ2) is 6.40. The fourth-order valence-electron chi connectivity index (χ4n) is 1.94. The third-order valence-corrected chi connectivity index (χ3v) is 4.70. The number of carbonyl (C=O) groups is 1. The van der Waals surface area contributed by atoms with Crippen LogP contribution >= 0.6 is 23.1 Å². The third-order valence-electron chi connectivity index (χ3n) is 2.88. The average Bonchev–Trinajstić information content (AvgIpc) is 3.00. The van der Waals surface area contributed by atoms with Crippen LogP contribution in [-0.4, -0.2) is 53.6 Å². The minimum Gasteiger partial charge on any atom is -0.383 e. The Morgan fingerprint density at radius 3 is 3.11 bits per heavy atom. The molecule has 1 fully saturated rings. The summed E-state index contributed by atoms with van der Waals surface area (Å²) in [5, 5.41) is 2.16. The lowest BCUT2D eigenvalue weighted by Gasteiger charge is -2.27. The number of thiazole rings is 1. The number of thioether (sulfide) groups is 1. The molecule has 1 unspecified atom stereocenters. The largest absolute Gasteiger partial charge is 0.383 e. The van der Waals surface area contributed by atoms with Crippen molar-refractivity contribution in [1.29, 1.82) is 0 Å². The standard InChI is InChI=1S/C11H17N3O2S2/c1-16-4-3-14(8-2-5-17-6-8)10(15)9-7-18-11(12)13-9/h7-8H,2-6H2,1H3,(H2,12,13). The molecule has 0 spiro atoms. The fourth-order valence-corrected chi connectivity index (χ4v) is 3.70. The van der Waals surface area contributed by atoms with E-state index in [0.29, 0.717) is 30.0 Å². The highest BCUT2D eigenvalue weighted by atomic mass is 32.2. The van der Waals surface area contributed by atoms with E-state index in [0.717, 1.165) is 17.9 Å². The molecular weight excluding hydrogens is 270 g/mol. The van der Waals surface area contributed by atoms with Crippen molar-refractivity contribution in [3.8, 4) is 0 Å². The van der Waals surface area contributed by atoms with Crippen molar-refractivity contribution in [2.45, 2.75) is 12.5 Å². The number of hydrogen-bond donors (Lipinski definition) is 1. The first-order valence-electron chi connectivity index (χ1n) is 5.81. The Morgan fingerprint density at radius 2 is 2.56 bits per heavy atom. The number of hydrogen-bond acceptors (Lipinski definition) is 6. The maximum atomic E-state index is 12.4. The summed E-state index contributed by atoms with van der Waals surface area (Å²) in [6.45, 7) is 1.16. The molecule has 18 heavy (non-hydrogen) atoms. The second-order valence-electron chi connectivity index (χ2n) is 4.08. The fraction of sp³-hybridized carbons (Fsp3) is 0.636. The van der Waals surface area contributed by atoms with E-state index in [4.69, 9.17) is 10.5 Å². The van der Waals surface area contributed by atoms with Crippen molar-refractivity contribution in [2.75, 3.05) is 37.5 Å². The molecule has 0 radical (unpaired) electrons. The lowest BCUT2D eigenvalue weighted by Crippen LogP contribution is -2.42. The van der Waals surface area contributed by atoms with Crippen LogP contribution in [0.1, 0.15) is 16.9 Å². The van der Waals surface area contributed by atoms with Crippen molar-refractivity contribution >= 4 is 34.1 Å².